The minimum absolute atomic E-state index is 0.0639. The van der Waals surface area contributed by atoms with Gasteiger partial charge in [0.1, 0.15) is 5.78 Å². The molecule has 1 aliphatic carbocycles. The van der Waals surface area contributed by atoms with Crippen LogP contribution < -0.4 is 5.14 Å². The summed E-state index contributed by atoms with van der Waals surface area (Å²) in [5.74, 6) is 0.235. The summed E-state index contributed by atoms with van der Waals surface area (Å²) < 4.78 is 22.7. The van der Waals surface area contributed by atoms with Crippen molar-refractivity contribution in [1.29, 1.82) is 0 Å². The molecule has 6 heteroatoms. The zero-order valence-electron chi connectivity index (χ0n) is 13.6. The molecule has 0 bridgehead atoms. The van der Waals surface area contributed by atoms with E-state index in [-0.39, 0.29) is 27.9 Å². The zero-order chi connectivity index (χ0) is 17.5. The molecule has 0 spiro atoms. The molecule has 1 fully saturated rings. The molecule has 0 amide bonds. The van der Waals surface area contributed by atoms with Crippen molar-refractivity contribution in [2.75, 3.05) is 0 Å². The van der Waals surface area contributed by atoms with E-state index in [1.54, 1.807) is 24.5 Å². The highest BCUT2D eigenvalue weighted by Gasteiger charge is 2.61. The lowest BCUT2D eigenvalue weighted by Gasteiger charge is -2.04. The summed E-state index contributed by atoms with van der Waals surface area (Å²) in [7, 11) is -3.70. The van der Waals surface area contributed by atoms with Gasteiger partial charge in [-0.1, -0.05) is 26.0 Å². The van der Waals surface area contributed by atoms with Gasteiger partial charge in [0.2, 0.25) is 10.0 Å². The quantitative estimate of drug-likeness (QED) is 0.901. The van der Waals surface area contributed by atoms with Gasteiger partial charge in [0.15, 0.2) is 0 Å². The normalized spacial score (nSPS) is 22.1. The number of rotatable bonds is 5. The lowest BCUT2D eigenvalue weighted by Crippen LogP contribution is -2.12. The maximum atomic E-state index is 12.7. The molecule has 2 unspecified atom stereocenters. The third-order valence-electron chi connectivity index (χ3n) is 4.87. The second-order valence-corrected chi connectivity index (χ2v) is 8.45. The fraction of sp³-hybridized carbons (Fsp3) is 0.333. The molecule has 2 aromatic rings. The molecule has 2 atom stereocenters. The fourth-order valence-electron chi connectivity index (χ4n) is 3.54. The van der Waals surface area contributed by atoms with Crippen LogP contribution in [-0.2, 0) is 21.2 Å². The lowest BCUT2D eigenvalue weighted by molar-refractivity contribution is -0.120. The first-order valence-electron chi connectivity index (χ1n) is 7.75. The Morgan fingerprint density at radius 3 is 2.25 bits per heavy atom. The minimum Gasteiger partial charge on any atom is -0.299 e. The Morgan fingerprint density at radius 2 is 1.71 bits per heavy atom. The Morgan fingerprint density at radius 1 is 1.12 bits per heavy atom. The molecule has 1 aromatic heterocycles. The highest BCUT2D eigenvalue weighted by atomic mass is 32.2. The summed E-state index contributed by atoms with van der Waals surface area (Å²) in [5, 5.41) is 5.13. The predicted octanol–water partition coefficient (Wildman–Crippen LogP) is 2.28. The van der Waals surface area contributed by atoms with E-state index in [0.29, 0.717) is 6.42 Å². The third-order valence-corrected chi connectivity index (χ3v) is 5.80. The molecule has 0 aliphatic heterocycles. The van der Waals surface area contributed by atoms with Gasteiger partial charge in [-0.25, -0.2) is 13.6 Å². The van der Waals surface area contributed by atoms with Crippen LogP contribution in [-0.4, -0.2) is 19.2 Å². The van der Waals surface area contributed by atoms with Crippen molar-refractivity contribution in [2.45, 2.75) is 31.1 Å². The van der Waals surface area contributed by atoms with Crippen LogP contribution in [0.4, 0.5) is 0 Å². The zero-order valence-corrected chi connectivity index (χ0v) is 14.5. The number of aromatic nitrogens is 1. The van der Waals surface area contributed by atoms with Gasteiger partial charge in [-0.05, 0) is 46.7 Å². The van der Waals surface area contributed by atoms with Gasteiger partial charge in [0.05, 0.1) is 4.90 Å². The number of benzene rings is 1. The SMILES string of the molecule is CC1(C)C(C(=O)Cc2ccncc2)C1c1ccc(S(N)(=O)=O)cc1. The first-order chi connectivity index (χ1) is 11.2. The van der Waals surface area contributed by atoms with Crippen LogP contribution in [0.1, 0.15) is 30.9 Å². The Kier molecular flexibility index (Phi) is 4.05. The summed E-state index contributed by atoms with van der Waals surface area (Å²) in [4.78, 5) is 16.7. The number of nitrogens with two attached hydrogens (primary N) is 1. The van der Waals surface area contributed by atoms with Gasteiger partial charge in [0, 0.05) is 24.7 Å². The van der Waals surface area contributed by atoms with Crippen molar-refractivity contribution < 1.29 is 13.2 Å². The van der Waals surface area contributed by atoms with Crippen LogP contribution in [0.5, 0.6) is 0 Å². The number of carbonyl (C=O) groups excluding carboxylic acids is 1. The Hall–Kier alpha value is -2.05. The Balaban J connectivity index is 1.78. The highest BCUT2D eigenvalue weighted by Crippen LogP contribution is 2.64. The molecule has 24 heavy (non-hydrogen) atoms. The summed E-state index contributed by atoms with van der Waals surface area (Å²) in [6.07, 6.45) is 3.76. The van der Waals surface area contributed by atoms with E-state index in [1.165, 1.54) is 12.1 Å². The summed E-state index contributed by atoms with van der Waals surface area (Å²) in [6, 6.07) is 10.2. The highest BCUT2D eigenvalue weighted by molar-refractivity contribution is 7.89. The largest absolute Gasteiger partial charge is 0.299 e. The van der Waals surface area contributed by atoms with Gasteiger partial charge in [-0.2, -0.15) is 0 Å². The number of hydrogen-bond acceptors (Lipinski definition) is 4. The third kappa shape index (κ3) is 3.12. The van der Waals surface area contributed by atoms with Crippen molar-refractivity contribution in [2.24, 2.45) is 16.5 Å². The molecule has 1 aromatic carbocycles. The molecule has 126 valence electrons. The molecule has 0 radical (unpaired) electrons. The first-order valence-corrected chi connectivity index (χ1v) is 9.30. The van der Waals surface area contributed by atoms with Crippen molar-refractivity contribution >= 4 is 15.8 Å². The van der Waals surface area contributed by atoms with Crippen LogP contribution in [0.25, 0.3) is 0 Å². The number of Topliss-reactive ketones (excluding diaryl/α,β-unsaturated/α-hetero) is 1. The number of hydrogen-bond donors (Lipinski definition) is 1. The van der Waals surface area contributed by atoms with Crippen LogP contribution in [0.2, 0.25) is 0 Å². The summed E-state index contributed by atoms with van der Waals surface area (Å²) in [6.45, 7) is 4.14. The first kappa shape index (κ1) is 16.8. The number of ketones is 1. The summed E-state index contributed by atoms with van der Waals surface area (Å²) in [5.41, 5.74) is 1.80. The number of pyridine rings is 1. The average molecular weight is 344 g/mol. The Bertz CT molecular complexity index is 859. The van der Waals surface area contributed by atoms with Crippen LogP contribution in [0.15, 0.2) is 53.7 Å². The topological polar surface area (TPSA) is 90.1 Å². The van der Waals surface area contributed by atoms with Crippen LogP contribution in [0.3, 0.4) is 0 Å². The molecule has 3 rings (SSSR count). The van der Waals surface area contributed by atoms with Crippen molar-refractivity contribution in [3.8, 4) is 0 Å². The maximum Gasteiger partial charge on any atom is 0.238 e. The molecule has 1 aliphatic rings. The average Bonchev–Trinajstić information content (AvgIpc) is 3.10. The second-order valence-electron chi connectivity index (χ2n) is 6.89. The van der Waals surface area contributed by atoms with Gasteiger partial charge >= 0.3 is 0 Å². The van der Waals surface area contributed by atoms with E-state index in [4.69, 9.17) is 5.14 Å². The van der Waals surface area contributed by atoms with E-state index in [1.807, 2.05) is 12.1 Å². The molecule has 1 heterocycles. The maximum absolute atomic E-state index is 12.7. The van der Waals surface area contributed by atoms with E-state index in [0.717, 1.165) is 11.1 Å². The van der Waals surface area contributed by atoms with Crippen LogP contribution in [0, 0.1) is 11.3 Å². The molecule has 1 saturated carbocycles. The van der Waals surface area contributed by atoms with E-state index < -0.39 is 10.0 Å². The fourth-order valence-corrected chi connectivity index (χ4v) is 4.05. The molecular formula is C18H20N2O3S. The lowest BCUT2D eigenvalue weighted by atomic mass is 10.0. The van der Waals surface area contributed by atoms with Gasteiger partial charge in [-0.15, -0.1) is 0 Å². The molecule has 0 saturated heterocycles. The van der Waals surface area contributed by atoms with Crippen LogP contribution >= 0.6 is 0 Å². The van der Waals surface area contributed by atoms with Gasteiger partial charge in [-0.3, -0.25) is 9.78 Å². The number of primary sulfonamides is 1. The van der Waals surface area contributed by atoms with Crippen molar-refractivity contribution in [3.05, 3.63) is 59.9 Å². The van der Waals surface area contributed by atoms with E-state index in [9.17, 15) is 13.2 Å². The summed E-state index contributed by atoms with van der Waals surface area (Å²) >= 11 is 0. The second kappa shape index (κ2) is 5.79. The minimum atomic E-state index is -3.70. The molecule has 2 N–H and O–H groups in total. The van der Waals surface area contributed by atoms with Crippen molar-refractivity contribution in [3.63, 3.8) is 0 Å². The van der Waals surface area contributed by atoms with Gasteiger partial charge < -0.3 is 0 Å². The van der Waals surface area contributed by atoms with E-state index >= 15 is 0 Å². The monoisotopic (exact) mass is 344 g/mol. The molecule has 5 nitrogen and oxygen atoms in total. The number of carbonyl (C=O) groups is 1. The van der Waals surface area contributed by atoms with Crippen molar-refractivity contribution in [1.82, 2.24) is 4.98 Å². The number of sulfonamides is 1. The van der Waals surface area contributed by atoms with E-state index in [2.05, 4.69) is 18.8 Å². The smallest absolute Gasteiger partial charge is 0.238 e. The standard InChI is InChI=1S/C18H20N2O3S/c1-18(2)16(13-3-5-14(6-4-13)24(19,22)23)17(18)15(21)11-12-7-9-20-10-8-12/h3-10,16-17H,11H2,1-2H3,(H2,19,22,23). The predicted molar refractivity (Wildman–Crippen MR) is 90.8 cm³/mol. The Labute approximate surface area is 142 Å². The van der Waals surface area contributed by atoms with Gasteiger partial charge in [0.25, 0.3) is 0 Å². The molecular weight excluding hydrogens is 324 g/mol. The number of nitrogens with zero attached hydrogens (tertiary/aromatic N) is 1.